The standard InChI is InChI=1S/C23H20ClN3O3S3/c1-14-4-9-17-19(13-14)31-23(26-17)15-5-7-16(8-6-15)25-22(28)18-3-2-12-27(18)33(29,30)21-11-10-20(24)32-21/h4-11,13,18H,2-3,12H2,1H3,(H,25,28). The fraction of sp³-hybridized carbons (Fsp3) is 0.217. The van der Waals surface area contributed by atoms with Gasteiger partial charge in [0.2, 0.25) is 5.91 Å². The molecule has 3 heterocycles. The van der Waals surface area contributed by atoms with E-state index in [1.165, 1.54) is 15.9 Å². The summed E-state index contributed by atoms with van der Waals surface area (Å²) in [5, 5.41) is 3.78. The first-order valence-corrected chi connectivity index (χ1v) is 13.8. The molecule has 10 heteroatoms. The highest BCUT2D eigenvalue weighted by Crippen LogP contribution is 2.33. The van der Waals surface area contributed by atoms with Crippen LogP contribution in [0.15, 0.2) is 58.8 Å². The van der Waals surface area contributed by atoms with Gasteiger partial charge in [-0.15, -0.1) is 22.7 Å². The lowest BCUT2D eigenvalue weighted by Crippen LogP contribution is -2.42. The molecule has 1 fully saturated rings. The summed E-state index contributed by atoms with van der Waals surface area (Å²) in [7, 11) is -3.76. The van der Waals surface area contributed by atoms with Gasteiger partial charge in [-0.25, -0.2) is 13.4 Å². The van der Waals surface area contributed by atoms with Crippen LogP contribution in [0.5, 0.6) is 0 Å². The Kier molecular flexibility index (Phi) is 6.00. The number of rotatable bonds is 5. The number of aromatic nitrogens is 1. The largest absolute Gasteiger partial charge is 0.325 e. The van der Waals surface area contributed by atoms with Crippen LogP contribution in [0.1, 0.15) is 18.4 Å². The number of fused-ring (bicyclic) bond motifs is 1. The number of carbonyl (C=O) groups is 1. The van der Waals surface area contributed by atoms with Crippen LogP contribution in [0.25, 0.3) is 20.8 Å². The van der Waals surface area contributed by atoms with Crippen molar-refractivity contribution < 1.29 is 13.2 Å². The molecule has 1 atom stereocenters. The molecule has 1 aliphatic rings. The summed E-state index contributed by atoms with van der Waals surface area (Å²) in [6, 6.07) is 15.9. The predicted molar refractivity (Wildman–Crippen MR) is 135 cm³/mol. The van der Waals surface area contributed by atoms with Crippen LogP contribution in [0.2, 0.25) is 4.34 Å². The average Bonchev–Trinajstić information content (AvgIpc) is 3.53. The number of hydrogen-bond donors (Lipinski definition) is 1. The zero-order chi connectivity index (χ0) is 23.2. The van der Waals surface area contributed by atoms with Gasteiger partial charge in [-0.05, 0) is 73.9 Å². The molecule has 6 nitrogen and oxygen atoms in total. The molecule has 1 unspecified atom stereocenters. The second kappa shape index (κ2) is 8.81. The summed E-state index contributed by atoms with van der Waals surface area (Å²) >= 11 is 8.55. The Hall–Kier alpha value is -2.30. The summed E-state index contributed by atoms with van der Waals surface area (Å²) in [6.45, 7) is 2.37. The summed E-state index contributed by atoms with van der Waals surface area (Å²) < 4.78 is 29.0. The van der Waals surface area contributed by atoms with Crippen LogP contribution in [-0.4, -0.2) is 36.2 Å². The van der Waals surface area contributed by atoms with E-state index < -0.39 is 16.1 Å². The van der Waals surface area contributed by atoms with Gasteiger partial charge < -0.3 is 5.32 Å². The average molecular weight is 518 g/mol. The van der Waals surface area contributed by atoms with Crippen LogP contribution in [-0.2, 0) is 14.8 Å². The summed E-state index contributed by atoms with van der Waals surface area (Å²) in [4.78, 5) is 17.7. The molecule has 5 rings (SSSR count). The Morgan fingerprint density at radius 1 is 1.12 bits per heavy atom. The maximum atomic E-state index is 13.0. The van der Waals surface area contributed by atoms with Crippen molar-refractivity contribution in [1.82, 2.24) is 9.29 Å². The molecule has 1 saturated heterocycles. The fourth-order valence-electron chi connectivity index (χ4n) is 3.92. The normalized spacial score (nSPS) is 17.0. The number of nitrogens with one attached hydrogen (secondary N) is 1. The number of aryl methyl sites for hydroxylation is 1. The Labute approximate surface area is 204 Å². The van der Waals surface area contributed by atoms with E-state index in [9.17, 15) is 13.2 Å². The minimum absolute atomic E-state index is 0.155. The number of carbonyl (C=O) groups excluding carboxylic acids is 1. The van der Waals surface area contributed by atoms with Crippen LogP contribution in [0.3, 0.4) is 0 Å². The van der Waals surface area contributed by atoms with Crippen LogP contribution >= 0.6 is 34.3 Å². The second-order valence-corrected chi connectivity index (χ2v) is 12.8. The molecule has 0 spiro atoms. The third-order valence-electron chi connectivity index (χ3n) is 5.56. The number of anilines is 1. The molecule has 4 aromatic rings. The zero-order valence-corrected chi connectivity index (χ0v) is 20.8. The van der Waals surface area contributed by atoms with Gasteiger partial charge in [0, 0.05) is 17.8 Å². The number of sulfonamides is 1. The van der Waals surface area contributed by atoms with Gasteiger partial charge >= 0.3 is 0 Å². The van der Waals surface area contributed by atoms with Crippen molar-refractivity contribution in [2.24, 2.45) is 0 Å². The monoisotopic (exact) mass is 517 g/mol. The molecule has 0 radical (unpaired) electrons. The van der Waals surface area contributed by atoms with E-state index in [1.807, 2.05) is 36.4 Å². The third kappa shape index (κ3) is 4.43. The second-order valence-electron chi connectivity index (χ2n) is 7.89. The van der Waals surface area contributed by atoms with Gasteiger partial charge in [-0.2, -0.15) is 4.31 Å². The minimum Gasteiger partial charge on any atom is -0.325 e. The van der Waals surface area contributed by atoms with Crippen molar-refractivity contribution in [3.05, 3.63) is 64.5 Å². The van der Waals surface area contributed by atoms with E-state index >= 15 is 0 Å². The molecule has 2 aromatic heterocycles. The van der Waals surface area contributed by atoms with Gasteiger partial charge in [0.1, 0.15) is 15.3 Å². The molecule has 2 aromatic carbocycles. The number of hydrogen-bond acceptors (Lipinski definition) is 6. The molecule has 1 aliphatic heterocycles. The molecular weight excluding hydrogens is 498 g/mol. The molecule has 33 heavy (non-hydrogen) atoms. The van der Waals surface area contributed by atoms with Gasteiger partial charge in [0.05, 0.1) is 14.6 Å². The van der Waals surface area contributed by atoms with Crippen LogP contribution in [0, 0.1) is 6.92 Å². The number of halogens is 1. The van der Waals surface area contributed by atoms with Crippen molar-refractivity contribution in [2.45, 2.75) is 30.0 Å². The number of thiazole rings is 1. The lowest BCUT2D eigenvalue weighted by molar-refractivity contribution is -0.119. The lowest BCUT2D eigenvalue weighted by Gasteiger charge is -2.22. The SMILES string of the molecule is Cc1ccc2nc(-c3ccc(NC(=O)C4CCCN4S(=O)(=O)c4ccc(Cl)s4)cc3)sc2c1. The first-order chi connectivity index (χ1) is 15.8. The number of amides is 1. The zero-order valence-electron chi connectivity index (χ0n) is 17.6. The Morgan fingerprint density at radius 3 is 2.64 bits per heavy atom. The van der Waals surface area contributed by atoms with E-state index in [0.29, 0.717) is 29.4 Å². The van der Waals surface area contributed by atoms with Crippen LogP contribution < -0.4 is 5.32 Å². The van der Waals surface area contributed by atoms with Crippen molar-refractivity contribution in [1.29, 1.82) is 0 Å². The van der Waals surface area contributed by atoms with Gasteiger partial charge in [0.25, 0.3) is 10.0 Å². The number of benzene rings is 2. The first-order valence-electron chi connectivity index (χ1n) is 10.4. The Balaban J connectivity index is 1.32. The maximum Gasteiger partial charge on any atom is 0.253 e. The van der Waals surface area contributed by atoms with Gasteiger partial charge in [-0.1, -0.05) is 17.7 Å². The number of thiophene rings is 1. The Bertz CT molecular complexity index is 1440. The first kappa shape index (κ1) is 22.5. The van der Waals surface area contributed by atoms with E-state index in [1.54, 1.807) is 17.4 Å². The molecule has 0 saturated carbocycles. The van der Waals surface area contributed by atoms with Crippen molar-refractivity contribution in [3.8, 4) is 10.6 Å². The molecule has 0 aliphatic carbocycles. The highest BCUT2D eigenvalue weighted by atomic mass is 35.5. The van der Waals surface area contributed by atoms with Crippen molar-refractivity contribution >= 4 is 66.1 Å². The minimum atomic E-state index is -3.76. The lowest BCUT2D eigenvalue weighted by atomic mass is 10.2. The molecule has 1 amide bonds. The smallest absolute Gasteiger partial charge is 0.253 e. The topological polar surface area (TPSA) is 79.4 Å². The van der Waals surface area contributed by atoms with E-state index in [4.69, 9.17) is 16.6 Å². The summed E-state index contributed by atoms with van der Waals surface area (Å²) in [6.07, 6.45) is 1.11. The maximum absolute atomic E-state index is 13.0. The molecule has 0 bridgehead atoms. The van der Waals surface area contributed by atoms with Gasteiger partial charge in [0.15, 0.2) is 0 Å². The van der Waals surface area contributed by atoms with E-state index in [0.717, 1.165) is 32.1 Å². The van der Waals surface area contributed by atoms with Crippen LogP contribution in [0.4, 0.5) is 5.69 Å². The summed E-state index contributed by atoms with van der Waals surface area (Å²) in [5.74, 6) is -0.332. The molecule has 1 N–H and O–H groups in total. The highest BCUT2D eigenvalue weighted by Gasteiger charge is 2.40. The quantitative estimate of drug-likeness (QED) is 0.364. The third-order valence-corrected chi connectivity index (χ3v) is 10.2. The number of nitrogens with zero attached hydrogens (tertiary/aromatic N) is 2. The van der Waals surface area contributed by atoms with Gasteiger partial charge in [-0.3, -0.25) is 4.79 Å². The highest BCUT2D eigenvalue weighted by molar-refractivity contribution is 7.91. The van der Waals surface area contributed by atoms with Crippen molar-refractivity contribution in [3.63, 3.8) is 0 Å². The van der Waals surface area contributed by atoms with Crippen molar-refractivity contribution in [2.75, 3.05) is 11.9 Å². The Morgan fingerprint density at radius 2 is 1.91 bits per heavy atom. The predicted octanol–water partition coefficient (Wildman–Crippen LogP) is 5.78. The molecule has 170 valence electrons. The summed E-state index contributed by atoms with van der Waals surface area (Å²) in [5.41, 5.74) is 3.74. The van der Waals surface area contributed by atoms with E-state index in [2.05, 4.69) is 18.3 Å². The fourth-order valence-corrected chi connectivity index (χ4v) is 8.26. The molecular formula is C23H20ClN3O3S3. The van der Waals surface area contributed by atoms with E-state index in [-0.39, 0.29) is 10.1 Å².